The van der Waals surface area contributed by atoms with Crippen molar-refractivity contribution in [2.75, 3.05) is 29.4 Å². The minimum absolute atomic E-state index is 0.0435. The van der Waals surface area contributed by atoms with E-state index < -0.39 is 69.2 Å². The highest BCUT2D eigenvalue weighted by molar-refractivity contribution is 8.15. The third-order valence-corrected chi connectivity index (χ3v) is 8.30. The molecule has 5 nitrogen and oxygen atoms in total. The Morgan fingerprint density at radius 3 is 1.67 bits per heavy atom. The van der Waals surface area contributed by atoms with Gasteiger partial charge < -0.3 is 10.6 Å². The largest absolute Gasteiger partial charge is 0.416 e. The van der Waals surface area contributed by atoms with Crippen LogP contribution in [0.3, 0.4) is 0 Å². The maximum Gasteiger partial charge on any atom is 0.416 e. The summed E-state index contributed by atoms with van der Waals surface area (Å²) in [5.41, 5.74) is -6.77. The fraction of sp³-hybridized carbons (Fsp3) is 0.296. The number of nitrogens with zero attached hydrogens (tertiary/aromatic N) is 2. The van der Waals surface area contributed by atoms with Crippen molar-refractivity contribution in [3.8, 4) is 0 Å². The molecule has 45 heavy (non-hydrogen) atoms. The van der Waals surface area contributed by atoms with Crippen LogP contribution in [0.2, 0.25) is 0 Å². The molecule has 3 aromatic rings. The molecule has 18 heteroatoms. The fourth-order valence-electron chi connectivity index (χ4n) is 5.00. The molecule has 0 saturated heterocycles. The van der Waals surface area contributed by atoms with Crippen LogP contribution in [0.5, 0.6) is 0 Å². The van der Waals surface area contributed by atoms with E-state index in [0.29, 0.717) is 35.5 Å². The van der Waals surface area contributed by atoms with E-state index in [1.165, 1.54) is 12.2 Å². The first kappa shape index (κ1) is 32.6. The van der Waals surface area contributed by atoms with Crippen molar-refractivity contribution in [3.63, 3.8) is 0 Å². The number of amidine groups is 1. The highest BCUT2D eigenvalue weighted by Gasteiger charge is 2.56. The third-order valence-electron chi connectivity index (χ3n) is 6.94. The molecule has 0 bridgehead atoms. The summed E-state index contributed by atoms with van der Waals surface area (Å²) in [6.07, 6.45) is -21.8. The van der Waals surface area contributed by atoms with E-state index >= 15 is 0 Å². The lowest BCUT2D eigenvalue weighted by Gasteiger charge is -2.35. The number of benzene rings is 3. The lowest BCUT2D eigenvalue weighted by Crippen LogP contribution is -2.49. The average molecular weight is 675 g/mol. The van der Waals surface area contributed by atoms with Crippen LogP contribution in [0.15, 0.2) is 65.7 Å². The summed E-state index contributed by atoms with van der Waals surface area (Å²) >= 11 is 0.799. The number of hydroxylamine groups is 1. The Kier molecular flexibility index (Phi) is 7.91. The number of anilines is 3. The highest BCUT2D eigenvalue weighted by Crippen LogP contribution is 2.55. The van der Waals surface area contributed by atoms with Crippen LogP contribution in [0.25, 0.3) is 0 Å². The van der Waals surface area contributed by atoms with Gasteiger partial charge in [-0.25, -0.2) is 5.06 Å². The average Bonchev–Trinajstić information content (AvgIpc) is 3.45. The minimum Gasteiger partial charge on any atom is -0.362 e. The normalized spacial score (nSPS) is 20.4. The molecule has 0 aromatic heterocycles. The topological polar surface area (TPSA) is 48.9 Å². The SMILES string of the molecule is CON1c2ccccc2[C@@]2(CN=C(Nc3cc(C(F)(F)F)cc(C(F)(F)F)c3)S2)[C@H]1Nc1cc(C(F)(F)F)cc(C(F)(F)F)c1. The molecule has 0 fully saturated rings. The molecule has 2 atom stereocenters. The van der Waals surface area contributed by atoms with Gasteiger partial charge in [0.15, 0.2) is 5.17 Å². The standard InChI is InChI=1S/C27H18F12N4OS/c1-44-43-20-5-3-2-4-19(20)23(21(43)41-17-8-13(24(28,29)30)6-14(9-17)25(31,32)33)12-40-22(45-23)42-18-10-15(26(34,35)36)7-16(11-18)27(37,38)39/h2-11,21,41H,12H2,1H3,(H,40,42)/t21-,23-/m0/s1. The Hall–Kier alpha value is -3.80. The molecule has 0 unspecified atom stereocenters. The van der Waals surface area contributed by atoms with Crippen LogP contribution < -0.4 is 15.7 Å². The van der Waals surface area contributed by atoms with E-state index in [9.17, 15) is 52.7 Å². The van der Waals surface area contributed by atoms with Gasteiger partial charge in [-0.2, -0.15) is 52.7 Å². The van der Waals surface area contributed by atoms with Crippen LogP contribution in [-0.4, -0.2) is 25.0 Å². The summed E-state index contributed by atoms with van der Waals surface area (Å²) < 4.78 is 160. The molecule has 2 aliphatic heterocycles. The van der Waals surface area contributed by atoms with Crippen LogP contribution in [-0.2, 0) is 34.3 Å². The number of alkyl halides is 12. The fourth-order valence-corrected chi connectivity index (χ4v) is 6.32. The second kappa shape index (κ2) is 10.9. The van der Waals surface area contributed by atoms with Crippen molar-refractivity contribution >= 4 is 34.0 Å². The summed E-state index contributed by atoms with van der Waals surface area (Å²) in [4.78, 5) is 9.70. The smallest absolute Gasteiger partial charge is 0.362 e. The number of nitrogens with one attached hydrogen (secondary N) is 2. The van der Waals surface area contributed by atoms with E-state index in [2.05, 4.69) is 15.6 Å². The van der Waals surface area contributed by atoms with Gasteiger partial charge in [-0.1, -0.05) is 30.0 Å². The Morgan fingerprint density at radius 2 is 1.20 bits per heavy atom. The van der Waals surface area contributed by atoms with E-state index in [-0.39, 0.29) is 23.8 Å². The number of hydrogen-bond donors (Lipinski definition) is 2. The molecule has 0 radical (unpaired) electrons. The summed E-state index contributed by atoms with van der Waals surface area (Å²) in [5, 5.41) is 6.14. The predicted octanol–water partition coefficient (Wildman–Crippen LogP) is 8.99. The van der Waals surface area contributed by atoms with E-state index in [1.807, 2.05) is 0 Å². The lowest BCUT2D eigenvalue weighted by atomic mass is 9.97. The van der Waals surface area contributed by atoms with Crippen LogP contribution in [0, 0.1) is 0 Å². The molecule has 5 rings (SSSR count). The number of fused-ring (bicyclic) bond motifs is 2. The molecule has 242 valence electrons. The lowest BCUT2D eigenvalue weighted by molar-refractivity contribution is -0.144. The first-order chi connectivity index (χ1) is 20.7. The zero-order valence-corrected chi connectivity index (χ0v) is 23.1. The molecule has 2 aliphatic rings. The first-order valence-electron chi connectivity index (χ1n) is 12.5. The van der Waals surface area contributed by atoms with E-state index in [0.717, 1.165) is 11.8 Å². The van der Waals surface area contributed by atoms with Crippen LogP contribution in [0.4, 0.5) is 69.7 Å². The number of hydrogen-bond acceptors (Lipinski definition) is 6. The molecule has 1 spiro atoms. The molecule has 0 amide bonds. The van der Waals surface area contributed by atoms with Crippen molar-refractivity contribution in [2.24, 2.45) is 4.99 Å². The van der Waals surface area contributed by atoms with Crippen molar-refractivity contribution in [1.29, 1.82) is 0 Å². The predicted molar refractivity (Wildman–Crippen MR) is 141 cm³/mol. The molecule has 2 N–H and O–H groups in total. The van der Waals surface area contributed by atoms with Crippen molar-refractivity contribution < 1.29 is 57.5 Å². The van der Waals surface area contributed by atoms with Gasteiger partial charge in [-0.15, -0.1) is 0 Å². The Bertz CT molecular complexity index is 1570. The Labute approximate surface area is 250 Å². The molecular weight excluding hydrogens is 656 g/mol. The maximum atomic E-state index is 13.6. The zero-order chi connectivity index (χ0) is 33.2. The summed E-state index contributed by atoms with van der Waals surface area (Å²) in [6, 6.07) is 8.03. The first-order valence-corrected chi connectivity index (χ1v) is 13.3. The number of halogens is 12. The maximum absolute atomic E-state index is 13.6. The van der Waals surface area contributed by atoms with Gasteiger partial charge >= 0.3 is 24.7 Å². The summed E-state index contributed by atoms with van der Waals surface area (Å²) in [7, 11) is 1.19. The minimum atomic E-state index is -5.14. The number of aliphatic imine (C=N–C) groups is 1. The van der Waals surface area contributed by atoms with Crippen molar-refractivity contribution in [1.82, 2.24) is 0 Å². The van der Waals surface area contributed by atoms with E-state index in [4.69, 9.17) is 4.84 Å². The Morgan fingerprint density at radius 1 is 0.733 bits per heavy atom. The van der Waals surface area contributed by atoms with Gasteiger partial charge in [-0.3, -0.25) is 9.83 Å². The Balaban J connectivity index is 1.54. The highest BCUT2D eigenvalue weighted by atomic mass is 32.2. The summed E-state index contributed by atoms with van der Waals surface area (Å²) in [6.45, 7) is -0.259. The van der Waals surface area contributed by atoms with Crippen molar-refractivity contribution in [2.45, 2.75) is 35.6 Å². The monoisotopic (exact) mass is 674 g/mol. The van der Waals surface area contributed by atoms with Crippen LogP contribution in [0.1, 0.15) is 27.8 Å². The molecule has 0 aliphatic carbocycles. The van der Waals surface area contributed by atoms with Gasteiger partial charge in [0.1, 0.15) is 10.9 Å². The number of rotatable bonds is 4. The molecule has 2 heterocycles. The van der Waals surface area contributed by atoms with Gasteiger partial charge in [0.2, 0.25) is 0 Å². The summed E-state index contributed by atoms with van der Waals surface area (Å²) in [5.74, 6) is 0. The van der Waals surface area contributed by atoms with Gasteiger partial charge in [0, 0.05) is 16.9 Å². The van der Waals surface area contributed by atoms with Gasteiger partial charge in [-0.05, 0) is 42.5 Å². The molecular formula is C27H18F12N4OS. The van der Waals surface area contributed by atoms with Crippen LogP contribution >= 0.6 is 11.8 Å². The molecule has 3 aromatic carbocycles. The third kappa shape index (κ3) is 6.34. The second-order valence-electron chi connectivity index (χ2n) is 9.90. The van der Waals surface area contributed by atoms with Gasteiger partial charge in [0.05, 0.1) is 41.6 Å². The zero-order valence-electron chi connectivity index (χ0n) is 22.3. The number of thioether (sulfide) groups is 1. The quantitative estimate of drug-likeness (QED) is 0.271. The molecule has 0 saturated carbocycles. The second-order valence-corrected chi connectivity index (χ2v) is 11.2. The van der Waals surface area contributed by atoms with Gasteiger partial charge in [0.25, 0.3) is 0 Å². The number of para-hydroxylation sites is 1. The van der Waals surface area contributed by atoms with E-state index in [1.54, 1.807) is 24.3 Å². The van der Waals surface area contributed by atoms with Crippen molar-refractivity contribution in [3.05, 3.63) is 88.5 Å².